The molecule has 19 heteroatoms. The van der Waals surface area contributed by atoms with E-state index in [2.05, 4.69) is 26.0 Å². The predicted octanol–water partition coefficient (Wildman–Crippen LogP) is 8.67. The molecule has 2 fully saturated rings. The number of hydrogen-bond donors (Lipinski definition) is 3. The third-order valence-corrected chi connectivity index (χ3v) is 18.0. The zero-order valence-corrected chi connectivity index (χ0v) is 41.7. The molecule has 4 heterocycles. The number of oxime groups is 1. The molecule has 71 heavy (non-hydrogen) atoms. The maximum absolute atomic E-state index is 13.5. The van der Waals surface area contributed by atoms with Gasteiger partial charge in [0.1, 0.15) is 5.78 Å². The largest absolute Gasteiger partial charge is 0.411 e. The van der Waals surface area contributed by atoms with E-state index in [0.29, 0.717) is 72.9 Å². The molecule has 4 aliphatic rings. The lowest BCUT2D eigenvalue weighted by molar-refractivity contribution is -0.121. The lowest BCUT2D eigenvalue weighted by Gasteiger charge is -2.31. The Bertz CT molecular complexity index is 3270. The lowest BCUT2D eigenvalue weighted by Crippen LogP contribution is -2.27. The van der Waals surface area contributed by atoms with Crippen molar-refractivity contribution in [2.45, 2.75) is 95.6 Å². The molecule has 0 saturated heterocycles. The highest BCUT2D eigenvalue weighted by Gasteiger charge is 2.37. The van der Waals surface area contributed by atoms with Gasteiger partial charge in [-0.1, -0.05) is 41.6 Å². The molecule has 0 radical (unpaired) electrons. The number of amides is 2. The first-order valence-electron chi connectivity index (χ1n) is 23.8. The number of aryl methyl sites for hydroxylation is 2. The number of para-hydroxylation sites is 2. The van der Waals surface area contributed by atoms with Gasteiger partial charge in [-0.3, -0.25) is 23.7 Å². The van der Waals surface area contributed by atoms with Crippen molar-refractivity contribution in [3.8, 4) is 0 Å². The Morgan fingerprint density at radius 3 is 1.38 bits per heavy atom. The number of benzene rings is 4. The van der Waals surface area contributed by atoms with Gasteiger partial charge in [-0.2, -0.15) is 10.2 Å². The number of aromatic nitrogens is 4. The van der Waals surface area contributed by atoms with Crippen LogP contribution in [0.25, 0.3) is 0 Å². The smallest absolute Gasteiger partial charge is 0.233 e. The number of sulfone groups is 2. The number of anilines is 6. The van der Waals surface area contributed by atoms with E-state index in [4.69, 9.17) is 5.21 Å². The molecule has 0 bridgehead atoms. The minimum Gasteiger partial charge on any atom is -0.411 e. The first kappa shape index (κ1) is 48.9. The molecule has 10 rings (SSSR count). The van der Waals surface area contributed by atoms with Crippen molar-refractivity contribution in [1.82, 2.24) is 19.6 Å². The Labute approximate surface area is 413 Å². The summed E-state index contributed by atoms with van der Waals surface area (Å²) in [4.78, 5) is 43.5. The molecule has 2 amide bonds. The molecule has 2 aliphatic carbocycles. The number of fused-ring (bicyclic) bond motifs is 4. The average Bonchev–Trinajstić information content (AvgIpc) is 3.99. The van der Waals surface area contributed by atoms with Crippen LogP contribution in [0.1, 0.15) is 87.2 Å². The van der Waals surface area contributed by atoms with Crippen LogP contribution in [-0.2, 0) is 48.2 Å². The van der Waals surface area contributed by atoms with Crippen molar-refractivity contribution >= 4 is 77.4 Å². The monoisotopic (exact) mass is 999 g/mol. The molecule has 17 nitrogen and oxygen atoms in total. The molecule has 0 spiro atoms. The van der Waals surface area contributed by atoms with Crippen LogP contribution in [0.3, 0.4) is 0 Å². The van der Waals surface area contributed by atoms with E-state index in [-0.39, 0.29) is 49.0 Å². The topological polar surface area (TPSA) is 218 Å². The molecule has 2 unspecified atom stereocenters. The van der Waals surface area contributed by atoms with Gasteiger partial charge in [-0.25, -0.2) is 16.8 Å². The second-order valence-corrected chi connectivity index (χ2v) is 22.7. The number of nitrogens with one attached hydrogen (secondary N) is 2. The lowest BCUT2D eigenvalue weighted by atomic mass is 9.79. The van der Waals surface area contributed by atoms with Crippen molar-refractivity contribution < 1.29 is 36.4 Å². The van der Waals surface area contributed by atoms with Crippen LogP contribution >= 0.6 is 0 Å². The average molecular weight is 1000 g/mol. The summed E-state index contributed by atoms with van der Waals surface area (Å²) in [6, 6.07) is 27.7. The quantitative estimate of drug-likeness (QED) is 0.0868. The molecular weight excluding hydrogens is 943 g/mol. The molecule has 4 aromatic carbocycles. The van der Waals surface area contributed by atoms with Crippen molar-refractivity contribution in [3.05, 3.63) is 121 Å². The van der Waals surface area contributed by atoms with Crippen LogP contribution in [0.2, 0.25) is 0 Å². The zero-order valence-electron chi connectivity index (χ0n) is 40.0. The van der Waals surface area contributed by atoms with Gasteiger partial charge in [0.25, 0.3) is 0 Å². The first-order valence-corrected chi connectivity index (χ1v) is 26.7. The van der Waals surface area contributed by atoms with Gasteiger partial charge in [0, 0.05) is 65.6 Å². The Morgan fingerprint density at radius 2 is 0.986 bits per heavy atom. The van der Waals surface area contributed by atoms with Crippen LogP contribution < -0.4 is 20.4 Å². The maximum atomic E-state index is 13.5. The molecule has 2 aliphatic heterocycles. The summed E-state index contributed by atoms with van der Waals surface area (Å²) in [5, 5.41) is 26.8. The first-order chi connectivity index (χ1) is 34.0. The minimum atomic E-state index is -3.67. The molecule has 2 aromatic heterocycles. The Kier molecular flexibility index (Phi) is 13.7. The van der Waals surface area contributed by atoms with Crippen molar-refractivity contribution in [1.29, 1.82) is 0 Å². The van der Waals surface area contributed by atoms with Gasteiger partial charge in [0.2, 0.25) is 31.5 Å². The molecule has 2 saturated carbocycles. The summed E-state index contributed by atoms with van der Waals surface area (Å²) >= 11 is 0. The van der Waals surface area contributed by atoms with Crippen LogP contribution in [-0.4, -0.2) is 79.0 Å². The SMILES string of the molecule is CN1c2ccccc2S(=O)(=O)c2ccc(C(CC3CCC(=NO)CC3)C(=O)Nc3ccn(C)n3)cc21.CN1c2ccccc2S(=O)(=O)c2ccc(C(CC3CCC(=O)CC3)C(=O)Nc3ccn(C)n3)cc21. The van der Waals surface area contributed by atoms with Crippen molar-refractivity contribution in [2.24, 2.45) is 31.1 Å². The molecule has 6 aromatic rings. The third-order valence-electron chi connectivity index (χ3n) is 14.3. The molecular formula is C52H57N9O8S2. The van der Waals surface area contributed by atoms with Crippen LogP contribution in [0.5, 0.6) is 0 Å². The Hall–Kier alpha value is -7.12. The van der Waals surface area contributed by atoms with E-state index < -0.39 is 31.5 Å². The van der Waals surface area contributed by atoms with E-state index in [1.54, 1.807) is 109 Å². The normalized spacial score (nSPS) is 18.6. The van der Waals surface area contributed by atoms with Gasteiger partial charge in [0.05, 0.1) is 59.9 Å². The fourth-order valence-electron chi connectivity index (χ4n) is 10.3. The van der Waals surface area contributed by atoms with Crippen LogP contribution in [0.4, 0.5) is 34.4 Å². The molecule has 2 atom stereocenters. The number of ketones is 1. The summed E-state index contributed by atoms with van der Waals surface area (Å²) < 4.78 is 56.5. The van der Waals surface area contributed by atoms with E-state index >= 15 is 0 Å². The highest BCUT2D eigenvalue weighted by molar-refractivity contribution is 7.92. The summed E-state index contributed by atoms with van der Waals surface area (Å²) in [7, 11) is -0.0908. The van der Waals surface area contributed by atoms with Crippen molar-refractivity contribution in [2.75, 3.05) is 34.5 Å². The number of carbonyl (C=O) groups excluding carboxylic acids is 3. The van der Waals surface area contributed by atoms with Gasteiger partial charge < -0.3 is 25.6 Å². The summed E-state index contributed by atoms with van der Waals surface area (Å²) in [5.41, 5.74) is 4.62. The van der Waals surface area contributed by atoms with Crippen LogP contribution in [0, 0.1) is 11.8 Å². The fourth-order valence-corrected chi connectivity index (χ4v) is 13.7. The zero-order chi connectivity index (χ0) is 50.2. The number of hydrogen-bond acceptors (Lipinski definition) is 13. The van der Waals surface area contributed by atoms with E-state index in [9.17, 15) is 31.2 Å². The minimum absolute atomic E-state index is 0.183. The standard InChI is InChI=1S/C26H29N5O4S.C26H28N4O4S/c1-30-14-13-25(28-30)27-26(32)20(15-17-7-10-19(29-33)11-8-17)18-9-12-24-22(16-18)31(2)21-5-3-4-6-23(21)36(24,34)35;1-29-14-13-25(28-29)27-26(32)20(15-17-7-10-19(31)11-8-17)18-9-12-24-22(16-18)30(2)21-5-3-4-6-23(21)35(24,33)34/h3-6,9,12-14,16-17,20,33H,7-8,10-11,15H2,1-2H3,(H,27,28,32);3-6,9,12-14,16-17,20H,7-8,10-11,15H2,1-2H3,(H,27,28,32). The molecule has 3 N–H and O–H groups in total. The number of nitrogens with zero attached hydrogens (tertiary/aromatic N) is 7. The number of carbonyl (C=O) groups is 3. The van der Waals surface area contributed by atoms with Gasteiger partial charge >= 0.3 is 0 Å². The predicted molar refractivity (Wildman–Crippen MR) is 269 cm³/mol. The second kappa shape index (κ2) is 19.9. The van der Waals surface area contributed by atoms with Gasteiger partial charge in [-0.05, 0) is 123 Å². The van der Waals surface area contributed by atoms with Crippen LogP contribution in [0.15, 0.2) is 134 Å². The number of Topliss-reactive ketones (excluding diaryl/α,β-unsaturated/α-hetero) is 1. The fraction of sp³-hybridized carbons (Fsp3) is 0.346. The second-order valence-electron chi connectivity index (χ2n) is 18.9. The highest BCUT2D eigenvalue weighted by Crippen LogP contribution is 2.47. The maximum Gasteiger partial charge on any atom is 0.233 e. The van der Waals surface area contributed by atoms with E-state index in [1.807, 2.05) is 48.2 Å². The summed E-state index contributed by atoms with van der Waals surface area (Å²) in [5.74, 6) is 0.343. The number of rotatable bonds is 10. The Morgan fingerprint density at radius 1 is 0.592 bits per heavy atom. The molecule has 370 valence electrons. The summed E-state index contributed by atoms with van der Waals surface area (Å²) in [6.45, 7) is 0. The van der Waals surface area contributed by atoms with Gasteiger partial charge in [-0.15, -0.1) is 0 Å². The van der Waals surface area contributed by atoms with E-state index in [0.717, 1.165) is 42.5 Å². The van der Waals surface area contributed by atoms with Gasteiger partial charge in [0.15, 0.2) is 11.6 Å². The highest BCUT2D eigenvalue weighted by atomic mass is 32.2. The summed E-state index contributed by atoms with van der Waals surface area (Å²) in [6.07, 6.45) is 10.4. The third kappa shape index (κ3) is 9.97. The van der Waals surface area contributed by atoms with E-state index in [1.165, 1.54) is 0 Å². The van der Waals surface area contributed by atoms with Crippen molar-refractivity contribution in [3.63, 3.8) is 0 Å². The Balaban J connectivity index is 0.000000176.